The highest BCUT2D eigenvalue weighted by Gasteiger charge is 2.25. The van der Waals surface area contributed by atoms with Crippen molar-refractivity contribution < 1.29 is 0 Å². The molecule has 0 spiro atoms. The molecule has 1 aliphatic heterocycles. The van der Waals surface area contributed by atoms with Gasteiger partial charge in [-0.05, 0) is 46.4 Å². The summed E-state index contributed by atoms with van der Waals surface area (Å²) in [6.07, 6.45) is 1.28. The molecule has 0 aromatic carbocycles. The van der Waals surface area contributed by atoms with E-state index in [4.69, 9.17) is 0 Å². The van der Waals surface area contributed by atoms with Crippen molar-refractivity contribution in [3.05, 3.63) is 0 Å². The molecule has 1 fully saturated rings. The summed E-state index contributed by atoms with van der Waals surface area (Å²) in [6.45, 7) is 11.8. The van der Waals surface area contributed by atoms with Crippen LogP contribution in [0.2, 0.25) is 0 Å². The summed E-state index contributed by atoms with van der Waals surface area (Å²) >= 11 is 0. The summed E-state index contributed by atoms with van der Waals surface area (Å²) in [7, 11) is 4.30. The van der Waals surface area contributed by atoms with E-state index < -0.39 is 0 Å². The molecule has 0 aromatic heterocycles. The molecular formula is C13H29N3. The number of nitrogens with one attached hydrogen (secondary N) is 1. The first-order chi connectivity index (χ1) is 7.50. The molecule has 16 heavy (non-hydrogen) atoms. The molecule has 3 heteroatoms. The summed E-state index contributed by atoms with van der Waals surface area (Å²) in [6, 6.07) is 1.37. The van der Waals surface area contributed by atoms with E-state index in [1.54, 1.807) is 0 Å². The number of hydrogen-bond donors (Lipinski definition) is 1. The fourth-order valence-corrected chi connectivity index (χ4v) is 2.30. The first kappa shape index (κ1) is 13.9. The number of piperazine rings is 1. The van der Waals surface area contributed by atoms with E-state index in [9.17, 15) is 0 Å². The second kappa shape index (κ2) is 6.58. The molecule has 0 bridgehead atoms. The Hall–Kier alpha value is -0.120. The van der Waals surface area contributed by atoms with Crippen LogP contribution in [0, 0.1) is 5.92 Å². The van der Waals surface area contributed by atoms with E-state index in [1.807, 2.05) is 0 Å². The molecule has 0 aromatic rings. The van der Waals surface area contributed by atoms with Crippen LogP contribution < -0.4 is 5.32 Å². The topological polar surface area (TPSA) is 18.5 Å². The highest BCUT2D eigenvalue weighted by atomic mass is 15.2. The van der Waals surface area contributed by atoms with Gasteiger partial charge in [-0.15, -0.1) is 0 Å². The van der Waals surface area contributed by atoms with Gasteiger partial charge in [-0.1, -0.05) is 13.8 Å². The van der Waals surface area contributed by atoms with Crippen molar-refractivity contribution in [2.45, 2.75) is 39.3 Å². The third kappa shape index (κ3) is 4.40. The van der Waals surface area contributed by atoms with Crippen molar-refractivity contribution in [1.29, 1.82) is 0 Å². The van der Waals surface area contributed by atoms with Crippen LogP contribution in [0.3, 0.4) is 0 Å². The van der Waals surface area contributed by atoms with Gasteiger partial charge in [0.15, 0.2) is 0 Å². The van der Waals surface area contributed by atoms with E-state index in [-0.39, 0.29) is 0 Å². The van der Waals surface area contributed by atoms with Gasteiger partial charge in [0, 0.05) is 25.2 Å². The Bertz CT molecular complexity index is 192. The molecule has 0 saturated carbocycles. The average molecular weight is 227 g/mol. The Balaban J connectivity index is 2.32. The van der Waals surface area contributed by atoms with Crippen LogP contribution in [0.25, 0.3) is 0 Å². The van der Waals surface area contributed by atoms with Gasteiger partial charge in [0.2, 0.25) is 0 Å². The lowest BCUT2D eigenvalue weighted by Crippen LogP contribution is -2.57. The van der Waals surface area contributed by atoms with Crippen LogP contribution >= 0.6 is 0 Å². The van der Waals surface area contributed by atoms with Crippen LogP contribution in [0.1, 0.15) is 27.2 Å². The fraction of sp³-hybridized carbons (Fsp3) is 1.00. The normalized spacial score (nSPS) is 27.9. The van der Waals surface area contributed by atoms with Crippen molar-refractivity contribution in [3.63, 3.8) is 0 Å². The van der Waals surface area contributed by atoms with Gasteiger partial charge in [-0.3, -0.25) is 4.90 Å². The zero-order valence-electron chi connectivity index (χ0n) is 11.7. The monoisotopic (exact) mass is 227 g/mol. The molecule has 0 amide bonds. The molecule has 0 aliphatic carbocycles. The molecule has 1 saturated heterocycles. The van der Waals surface area contributed by atoms with Crippen LogP contribution in [-0.4, -0.2) is 62.2 Å². The lowest BCUT2D eigenvalue weighted by atomic mass is 9.99. The number of nitrogens with zero attached hydrogens (tertiary/aromatic N) is 2. The summed E-state index contributed by atoms with van der Waals surface area (Å²) in [5.74, 6) is 0.740. The molecule has 2 atom stereocenters. The standard InChI is InChI=1S/C13H29N3/c1-11(2)13-10-16(12(3)9-14-13)8-6-7-15(4)5/h11-14H,6-10H2,1-5H3. The quantitative estimate of drug-likeness (QED) is 0.763. The van der Waals surface area contributed by atoms with Gasteiger partial charge in [0.1, 0.15) is 0 Å². The van der Waals surface area contributed by atoms with Crippen molar-refractivity contribution in [1.82, 2.24) is 15.1 Å². The highest BCUT2D eigenvalue weighted by molar-refractivity contribution is 4.85. The Labute approximate surface area is 101 Å². The molecule has 1 heterocycles. The second-order valence-corrected chi connectivity index (χ2v) is 5.76. The fourth-order valence-electron chi connectivity index (χ4n) is 2.30. The minimum absolute atomic E-state index is 0.676. The largest absolute Gasteiger partial charge is 0.311 e. The third-order valence-electron chi connectivity index (χ3n) is 3.59. The Morgan fingerprint density at radius 2 is 2.06 bits per heavy atom. The van der Waals surface area contributed by atoms with E-state index in [0.717, 1.165) is 12.5 Å². The molecule has 96 valence electrons. The zero-order chi connectivity index (χ0) is 12.1. The van der Waals surface area contributed by atoms with Crippen LogP contribution in [0.15, 0.2) is 0 Å². The maximum absolute atomic E-state index is 3.65. The van der Waals surface area contributed by atoms with Crippen LogP contribution in [0.5, 0.6) is 0 Å². The van der Waals surface area contributed by atoms with Crippen molar-refractivity contribution >= 4 is 0 Å². The lowest BCUT2D eigenvalue weighted by Gasteiger charge is -2.40. The second-order valence-electron chi connectivity index (χ2n) is 5.76. The molecule has 1 rings (SSSR count). The van der Waals surface area contributed by atoms with E-state index in [2.05, 4.69) is 50.0 Å². The summed E-state index contributed by atoms with van der Waals surface area (Å²) in [5, 5.41) is 3.65. The maximum Gasteiger partial charge on any atom is 0.0218 e. The molecule has 3 nitrogen and oxygen atoms in total. The molecule has 0 radical (unpaired) electrons. The molecule has 1 N–H and O–H groups in total. The minimum Gasteiger partial charge on any atom is -0.311 e. The van der Waals surface area contributed by atoms with Gasteiger partial charge in [-0.25, -0.2) is 0 Å². The van der Waals surface area contributed by atoms with Crippen molar-refractivity contribution in [2.24, 2.45) is 5.92 Å². The van der Waals surface area contributed by atoms with Crippen molar-refractivity contribution in [3.8, 4) is 0 Å². The lowest BCUT2D eigenvalue weighted by molar-refractivity contribution is 0.119. The minimum atomic E-state index is 0.676. The predicted octanol–water partition coefficient (Wildman–Crippen LogP) is 1.26. The Kier molecular flexibility index (Phi) is 5.73. The molecule has 1 aliphatic rings. The Morgan fingerprint density at radius 3 is 2.62 bits per heavy atom. The average Bonchev–Trinajstić information content (AvgIpc) is 2.20. The number of hydrogen-bond acceptors (Lipinski definition) is 3. The van der Waals surface area contributed by atoms with Gasteiger partial charge in [0.25, 0.3) is 0 Å². The first-order valence-corrected chi connectivity index (χ1v) is 6.63. The van der Waals surface area contributed by atoms with E-state index >= 15 is 0 Å². The zero-order valence-corrected chi connectivity index (χ0v) is 11.7. The third-order valence-corrected chi connectivity index (χ3v) is 3.59. The van der Waals surface area contributed by atoms with Gasteiger partial charge < -0.3 is 10.2 Å². The molecule has 2 unspecified atom stereocenters. The number of rotatable bonds is 5. The van der Waals surface area contributed by atoms with Gasteiger partial charge in [-0.2, -0.15) is 0 Å². The van der Waals surface area contributed by atoms with Gasteiger partial charge >= 0.3 is 0 Å². The van der Waals surface area contributed by atoms with Gasteiger partial charge in [0.05, 0.1) is 0 Å². The maximum atomic E-state index is 3.65. The highest BCUT2D eigenvalue weighted by Crippen LogP contribution is 2.12. The summed E-state index contributed by atoms with van der Waals surface area (Å²) < 4.78 is 0. The first-order valence-electron chi connectivity index (χ1n) is 6.63. The SMILES string of the molecule is CC(C)C1CN(CCCN(C)C)C(C)CN1. The molecular weight excluding hydrogens is 198 g/mol. The smallest absolute Gasteiger partial charge is 0.0218 e. The summed E-state index contributed by atoms with van der Waals surface area (Å²) in [4.78, 5) is 4.91. The van der Waals surface area contributed by atoms with Crippen LogP contribution in [-0.2, 0) is 0 Å². The van der Waals surface area contributed by atoms with Crippen molar-refractivity contribution in [2.75, 3.05) is 40.3 Å². The van der Waals surface area contributed by atoms with E-state index in [0.29, 0.717) is 12.1 Å². The Morgan fingerprint density at radius 1 is 1.38 bits per heavy atom. The van der Waals surface area contributed by atoms with E-state index in [1.165, 1.54) is 26.1 Å². The van der Waals surface area contributed by atoms with Crippen LogP contribution in [0.4, 0.5) is 0 Å². The predicted molar refractivity (Wildman–Crippen MR) is 70.8 cm³/mol. The summed E-state index contributed by atoms with van der Waals surface area (Å²) in [5.41, 5.74) is 0.